The van der Waals surface area contributed by atoms with Gasteiger partial charge in [-0.15, -0.1) is 13.2 Å². The first-order valence-electron chi connectivity index (χ1n) is 13.1. The average molecular weight is 635 g/mol. The predicted octanol–water partition coefficient (Wildman–Crippen LogP) is 4.91. The molecule has 1 atom stereocenters. The van der Waals surface area contributed by atoms with Gasteiger partial charge in [-0.2, -0.15) is 0 Å². The van der Waals surface area contributed by atoms with E-state index in [2.05, 4.69) is 10.1 Å². The lowest BCUT2D eigenvalue weighted by molar-refractivity contribution is -0.275. The van der Waals surface area contributed by atoms with E-state index < -0.39 is 57.6 Å². The van der Waals surface area contributed by atoms with E-state index in [1.807, 2.05) is 0 Å². The number of rotatable bonds is 9. The second-order valence-corrected chi connectivity index (χ2v) is 13.4. The molecule has 3 rings (SSSR count). The Morgan fingerprint density at radius 2 is 1.88 bits per heavy atom. The number of anilines is 1. The largest absolute Gasteiger partial charge is 0.573 e. The second kappa shape index (κ2) is 13.0. The number of hydrogen-bond donors (Lipinski definition) is 2. The molecule has 3 N–H and O–H groups in total. The zero-order valence-electron chi connectivity index (χ0n) is 23.6. The number of sulfonamides is 1. The van der Waals surface area contributed by atoms with Crippen LogP contribution in [0.3, 0.4) is 0 Å². The van der Waals surface area contributed by atoms with Gasteiger partial charge in [0.2, 0.25) is 10.0 Å². The number of hydrogen-bond acceptors (Lipinski definition) is 8. The molecule has 0 spiro atoms. The molecule has 2 aromatic carbocycles. The number of nitrogens with two attached hydrogens (primary N) is 1. The monoisotopic (exact) mass is 634 g/mol. The van der Waals surface area contributed by atoms with E-state index in [1.54, 1.807) is 43.9 Å². The first-order valence-corrected chi connectivity index (χ1v) is 15.0. The molecule has 15 heteroatoms. The molecule has 0 saturated carbocycles. The van der Waals surface area contributed by atoms with Gasteiger partial charge in [0.15, 0.2) is 0 Å². The van der Waals surface area contributed by atoms with Crippen molar-refractivity contribution in [2.75, 3.05) is 24.6 Å². The van der Waals surface area contributed by atoms with Crippen LogP contribution >= 0.6 is 11.6 Å². The molecular weight excluding hydrogens is 601 g/mol. The Kier molecular flexibility index (Phi) is 10.3. The van der Waals surface area contributed by atoms with Crippen molar-refractivity contribution < 1.29 is 40.7 Å². The quantitative estimate of drug-likeness (QED) is 0.372. The number of benzene rings is 2. The minimum Gasteiger partial charge on any atom is -0.444 e. The van der Waals surface area contributed by atoms with Gasteiger partial charge in [-0.3, -0.25) is 9.69 Å². The van der Waals surface area contributed by atoms with Crippen LogP contribution in [0, 0.1) is 0 Å². The van der Waals surface area contributed by atoms with Crippen molar-refractivity contribution in [3.05, 3.63) is 58.1 Å². The lowest BCUT2D eigenvalue weighted by atomic mass is 10.1. The van der Waals surface area contributed by atoms with Crippen molar-refractivity contribution in [3.63, 3.8) is 0 Å². The molecule has 1 aliphatic rings. The van der Waals surface area contributed by atoms with Gasteiger partial charge in [0, 0.05) is 41.9 Å². The smallest absolute Gasteiger partial charge is 0.444 e. The summed E-state index contributed by atoms with van der Waals surface area (Å²) in [5.41, 5.74) is 5.16. The number of likely N-dealkylation sites (tertiary alicyclic amines) is 1. The van der Waals surface area contributed by atoms with Crippen molar-refractivity contribution in [2.45, 2.75) is 65.2 Å². The SMILES string of the molecule is CCS(=O)(=O)N(Cc1cccc(Cl)c1)C(=O)c1cc(OC(F)(F)F)c(CN2CCC(NC(=O)OC(C)(C)C)C2)cc1N. The van der Waals surface area contributed by atoms with Crippen molar-refractivity contribution >= 4 is 39.3 Å². The van der Waals surface area contributed by atoms with Crippen LogP contribution in [-0.4, -0.2) is 66.5 Å². The average Bonchev–Trinajstić information content (AvgIpc) is 3.28. The van der Waals surface area contributed by atoms with Crippen LogP contribution in [0.15, 0.2) is 36.4 Å². The third kappa shape index (κ3) is 9.39. The zero-order chi connectivity index (χ0) is 31.5. The highest BCUT2D eigenvalue weighted by atomic mass is 35.5. The van der Waals surface area contributed by atoms with E-state index in [1.165, 1.54) is 19.1 Å². The number of ether oxygens (including phenoxy) is 2. The molecule has 2 amide bonds. The number of nitrogen functional groups attached to an aromatic ring is 1. The summed E-state index contributed by atoms with van der Waals surface area (Å²) in [6, 6.07) is 7.84. The molecule has 0 radical (unpaired) electrons. The number of alkyl halides is 3. The first-order chi connectivity index (χ1) is 19.4. The molecule has 2 aromatic rings. The molecule has 0 aromatic heterocycles. The van der Waals surface area contributed by atoms with Gasteiger partial charge in [-0.25, -0.2) is 17.5 Å². The Morgan fingerprint density at radius 3 is 2.48 bits per heavy atom. The summed E-state index contributed by atoms with van der Waals surface area (Å²) in [7, 11) is -4.17. The number of amides is 2. The topological polar surface area (TPSA) is 131 Å². The Hall–Kier alpha value is -3.23. The fraction of sp³-hybridized carbons (Fsp3) is 0.481. The van der Waals surface area contributed by atoms with E-state index in [4.69, 9.17) is 22.1 Å². The van der Waals surface area contributed by atoms with Gasteiger partial charge in [-0.05, 0) is 63.9 Å². The van der Waals surface area contributed by atoms with Gasteiger partial charge in [0.1, 0.15) is 11.4 Å². The third-order valence-electron chi connectivity index (χ3n) is 6.22. The third-order valence-corrected chi connectivity index (χ3v) is 8.15. The number of alkyl carbamates (subject to hydrolysis) is 1. The van der Waals surface area contributed by atoms with Crippen LogP contribution in [0.2, 0.25) is 5.02 Å². The lowest BCUT2D eigenvalue weighted by Crippen LogP contribution is -2.40. The highest BCUT2D eigenvalue weighted by Gasteiger charge is 2.35. The summed E-state index contributed by atoms with van der Waals surface area (Å²) < 4.78 is 76.0. The second-order valence-electron chi connectivity index (χ2n) is 10.8. The number of halogens is 4. The maximum atomic E-state index is 13.5. The van der Waals surface area contributed by atoms with Gasteiger partial charge >= 0.3 is 12.5 Å². The maximum Gasteiger partial charge on any atom is 0.573 e. The molecule has 0 bridgehead atoms. The van der Waals surface area contributed by atoms with E-state index >= 15 is 0 Å². The van der Waals surface area contributed by atoms with E-state index in [0.29, 0.717) is 34.4 Å². The molecule has 1 heterocycles. The Bertz CT molecular complexity index is 1420. The van der Waals surface area contributed by atoms with Crippen LogP contribution in [0.25, 0.3) is 0 Å². The van der Waals surface area contributed by atoms with Gasteiger partial charge in [0.25, 0.3) is 5.91 Å². The summed E-state index contributed by atoms with van der Waals surface area (Å²) in [5, 5.41) is 3.05. The Morgan fingerprint density at radius 1 is 1.19 bits per heavy atom. The van der Waals surface area contributed by atoms with Crippen LogP contribution in [0.1, 0.15) is 55.6 Å². The molecular formula is C27H34ClF3N4O6S. The molecule has 1 saturated heterocycles. The standard InChI is InChI=1S/C27H34ClF3N4O6S/c1-5-42(38,39)35(14-17-7-6-8-19(28)11-17)24(36)21-13-23(40-27(29,30)31)18(12-22(21)32)15-34-10-9-20(16-34)33-25(37)41-26(2,3)4/h6-8,11-13,20H,5,9-10,14-16,32H2,1-4H3,(H,33,37). The van der Waals surface area contributed by atoms with Crippen LogP contribution < -0.4 is 15.8 Å². The van der Waals surface area contributed by atoms with Crippen LogP contribution in [0.5, 0.6) is 5.75 Å². The molecule has 1 fully saturated rings. The van der Waals surface area contributed by atoms with Gasteiger partial charge in [-0.1, -0.05) is 23.7 Å². The van der Waals surface area contributed by atoms with Gasteiger partial charge in [0.05, 0.1) is 17.9 Å². The van der Waals surface area contributed by atoms with Crippen LogP contribution in [-0.2, 0) is 27.8 Å². The number of nitrogens with one attached hydrogen (secondary N) is 1. The summed E-state index contributed by atoms with van der Waals surface area (Å²) in [6.45, 7) is 6.80. The van der Waals surface area contributed by atoms with Crippen molar-refractivity contribution in [1.82, 2.24) is 14.5 Å². The fourth-order valence-corrected chi connectivity index (χ4v) is 5.59. The Balaban J connectivity index is 1.89. The number of carbonyl (C=O) groups is 2. The zero-order valence-corrected chi connectivity index (χ0v) is 25.2. The van der Waals surface area contributed by atoms with E-state index in [0.717, 1.165) is 6.07 Å². The summed E-state index contributed by atoms with van der Waals surface area (Å²) in [6.07, 6.45) is -5.19. The molecule has 232 valence electrons. The van der Waals surface area contributed by atoms with Gasteiger partial charge < -0.3 is 20.5 Å². The Labute approximate surface area is 247 Å². The predicted molar refractivity (Wildman–Crippen MR) is 151 cm³/mol. The van der Waals surface area contributed by atoms with Crippen molar-refractivity contribution in [2.24, 2.45) is 0 Å². The van der Waals surface area contributed by atoms with Crippen molar-refractivity contribution in [1.29, 1.82) is 0 Å². The summed E-state index contributed by atoms with van der Waals surface area (Å²) in [4.78, 5) is 27.4. The van der Waals surface area contributed by atoms with E-state index in [9.17, 15) is 31.2 Å². The first kappa shape index (κ1) is 33.3. The summed E-state index contributed by atoms with van der Waals surface area (Å²) in [5.74, 6) is -2.26. The fourth-order valence-electron chi connectivity index (χ4n) is 4.37. The number of nitrogens with zero attached hydrogens (tertiary/aromatic N) is 2. The summed E-state index contributed by atoms with van der Waals surface area (Å²) >= 11 is 6.00. The van der Waals surface area contributed by atoms with Crippen LogP contribution in [0.4, 0.5) is 23.7 Å². The molecule has 1 unspecified atom stereocenters. The molecule has 42 heavy (non-hydrogen) atoms. The minimum atomic E-state index is -5.10. The normalized spacial score (nSPS) is 16.2. The van der Waals surface area contributed by atoms with Crippen molar-refractivity contribution in [3.8, 4) is 5.75 Å². The maximum absolute atomic E-state index is 13.5. The lowest BCUT2D eigenvalue weighted by Gasteiger charge is -2.25. The highest BCUT2D eigenvalue weighted by Crippen LogP contribution is 2.33. The molecule has 10 nitrogen and oxygen atoms in total. The molecule has 0 aliphatic carbocycles. The minimum absolute atomic E-state index is 0.0269. The molecule has 1 aliphatic heterocycles. The van der Waals surface area contributed by atoms with E-state index in [-0.39, 0.29) is 23.8 Å². The highest BCUT2D eigenvalue weighted by molar-refractivity contribution is 7.89. The number of carbonyl (C=O) groups excluding carboxylic acids is 2.